The third-order valence-corrected chi connectivity index (χ3v) is 5.50. The van der Waals surface area contributed by atoms with E-state index in [0.29, 0.717) is 34.5 Å². The maximum absolute atomic E-state index is 12.7. The average molecular weight is 421 g/mol. The normalized spacial score (nSPS) is 11.8. The third-order valence-electron chi connectivity index (χ3n) is 4.22. The van der Waals surface area contributed by atoms with Crippen LogP contribution >= 0.6 is 22.9 Å². The Hall–Kier alpha value is -2.35. The van der Waals surface area contributed by atoms with Crippen LogP contribution in [0.15, 0.2) is 41.4 Å². The number of hydrogen-bond donors (Lipinski definition) is 0. The standard InChI is InChI=1S/C20H21ClN2O4S/c1-25-9-8-23-16-7-5-14(21)11-18(16)28-20(23)22-19(24)10-13-4-6-15(26-2)12-17(13)27-3/h4-7,11-12H,8-10H2,1-3H3. The second-order valence-corrected chi connectivity index (χ2v) is 7.45. The highest BCUT2D eigenvalue weighted by Crippen LogP contribution is 2.25. The predicted molar refractivity (Wildman–Crippen MR) is 111 cm³/mol. The van der Waals surface area contributed by atoms with E-state index in [1.165, 1.54) is 11.3 Å². The van der Waals surface area contributed by atoms with Gasteiger partial charge in [0.25, 0.3) is 5.91 Å². The van der Waals surface area contributed by atoms with Crippen molar-refractivity contribution in [3.8, 4) is 11.5 Å². The van der Waals surface area contributed by atoms with Crippen LogP contribution in [0.5, 0.6) is 11.5 Å². The molecule has 0 atom stereocenters. The van der Waals surface area contributed by atoms with Crippen LogP contribution in [0.3, 0.4) is 0 Å². The molecule has 0 spiro atoms. The van der Waals surface area contributed by atoms with Gasteiger partial charge in [0.05, 0.1) is 37.5 Å². The van der Waals surface area contributed by atoms with Crippen molar-refractivity contribution >= 4 is 39.1 Å². The average Bonchev–Trinajstić information content (AvgIpc) is 3.02. The maximum atomic E-state index is 12.7. The number of carbonyl (C=O) groups is 1. The van der Waals surface area contributed by atoms with Gasteiger partial charge in [0, 0.05) is 30.3 Å². The summed E-state index contributed by atoms with van der Waals surface area (Å²) in [5.41, 5.74) is 1.73. The van der Waals surface area contributed by atoms with Gasteiger partial charge in [-0.15, -0.1) is 0 Å². The number of hydrogen-bond acceptors (Lipinski definition) is 5. The van der Waals surface area contributed by atoms with Gasteiger partial charge in [0.15, 0.2) is 4.80 Å². The number of aromatic nitrogens is 1. The van der Waals surface area contributed by atoms with Crippen molar-refractivity contribution in [2.75, 3.05) is 27.9 Å². The molecule has 0 aliphatic carbocycles. The Labute approximate surface area is 171 Å². The highest BCUT2D eigenvalue weighted by atomic mass is 35.5. The summed E-state index contributed by atoms with van der Waals surface area (Å²) in [6.07, 6.45) is 0.131. The van der Waals surface area contributed by atoms with Gasteiger partial charge < -0.3 is 18.8 Å². The second kappa shape index (κ2) is 9.23. The number of amides is 1. The lowest BCUT2D eigenvalue weighted by molar-refractivity contribution is -0.117. The van der Waals surface area contributed by atoms with E-state index in [1.54, 1.807) is 33.5 Å². The first-order valence-corrected chi connectivity index (χ1v) is 9.81. The monoisotopic (exact) mass is 420 g/mol. The van der Waals surface area contributed by atoms with Crippen molar-refractivity contribution in [3.63, 3.8) is 0 Å². The van der Waals surface area contributed by atoms with Crippen LogP contribution in [0.1, 0.15) is 5.56 Å². The third kappa shape index (κ3) is 4.55. The van der Waals surface area contributed by atoms with Gasteiger partial charge in [-0.05, 0) is 24.3 Å². The molecular weight excluding hydrogens is 400 g/mol. The largest absolute Gasteiger partial charge is 0.497 e. The van der Waals surface area contributed by atoms with E-state index < -0.39 is 0 Å². The fourth-order valence-electron chi connectivity index (χ4n) is 2.84. The molecule has 0 fully saturated rings. The molecule has 0 unspecified atom stereocenters. The van der Waals surface area contributed by atoms with E-state index in [2.05, 4.69) is 4.99 Å². The van der Waals surface area contributed by atoms with Crippen molar-refractivity contribution in [1.29, 1.82) is 0 Å². The number of nitrogens with zero attached hydrogens (tertiary/aromatic N) is 2. The molecule has 0 saturated carbocycles. The molecule has 0 bridgehead atoms. The maximum Gasteiger partial charge on any atom is 0.252 e. The fourth-order valence-corrected chi connectivity index (χ4v) is 4.19. The Morgan fingerprint density at radius 2 is 1.96 bits per heavy atom. The molecule has 1 heterocycles. The number of carbonyl (C=O) groups excluding carboxylic acids is 1. The Morgan fingerprint density at radius 3 is 2.68 bits per heavy atom. The first-order valence-electron chi connectivity index (χ1n) is 8.62. The zero-order chi connectivity index (χ0) is 20.1. The van der Waals surface area contributed by atoms with E-state index >= 15 is 0 Å². The summed E-state index contributed by atoms with van der Waals surface area (Å²) in [5.74, 6) is 1.01. The van der Waals surface area contributed by atoms with Crippen molar-refractivity contribution in [2.24, 2.45) is 4.99 Å². The van der Waals surface area contributed by atoms with Gasteiger partial charge in [-0.1, -0.05) is 29.0 Å². The Balaban J connectivity index is 1.96. The Bertz CT molecular complexity index is 1060. The zero-order valence-electron chi connectivity index (χ0n) is 15.9. The number of ether oxygens (including phenoxy) is 3. The van der Waals surface area contributed by atoms with Crippen LogP contribution < -0.4 is 14.3 Å². The summed E-state index contributed by atoms with van der Waals surface area (Å²) in [7, 11) is 4.79. The molecule has 3 rings (SSSR count). The number of rotatable bonds is 7. The lowest BCUT2D eigenvalue weighted by atomic mass is 10.1. The van der Waals surface area contributed by atoms with Gasteiger partial charge in [-0.2, -0.15) is 4.99 Å². The number of halogens is 1. The summed E-state index contributed by atoms with van der Waals surface area (Å²) in [6, 6.07) is 11.0. The topological polar surface area (TPSA) is 62.1 Å². The number of methoxy groups -OCH3 is 3. The number of thiazole rings is 1. The molecule has 6 nitrogen and oxygen atoms in total. The molecule has 0 saturated heterocycles. The highest BCUT2D eigenvalue weighted by molar-refractivity contribution is 7.16. The Morgan fingerprint density at radius 1 is 1.14 bits per heavy atom. The Kier molecular flexibility index (Phi) is 6.72. The molecule has 2 aromatic carbocycles. The highest BCUT2D eigenvalue weighted by Gasteiger charge is 2.12. The van der Waals surface area contributed by atoms with Crippen LogP contribution in [-0.4, -0.2) is 38.4 Å². The molecule has 1 aromatic heterocycles. The van der Waals surface area contributed by atoms with Gasteiger partial charge in [0.2, 0.25) is 0 Å². The predicted octanol–water partition coefficient (Wildman–Crippen LogP) is 3.69. The minimum Gasteiger partial charge on any atom is -0.497 e. The first kappa shape index (κ1) is 20.4. The molecule has 0 N–H and O–H groups in total. The van der Waals surface area contributed by atoms with Crippen molar-refractivity contribution in [3.05, 3.63) is 51.8 Å². The molecule has 28 heavy (non-hydrogen) atoms. The van der Waals surface area contributed by atoms with Crippen LogP contribution in [0.4, 0.5) is 0 Å². The summed E-state index contributed by atoms with van der Waals surface area (Å²) in [6.45, 7) is 1.11. The molecule has 3 aromatic rings. The zero-order valence-corrected chi connectivity index (χ0v) is 17.5. The molecule has 0 aliphatic rings. The van der Waals surface area contributed by atoms with E-state index in [4.69, 9.17) is 25.8 Å². The summed E-state index contributed by atoms with van der Waals surface area (Å²) in [4.78, 5) is 17.6. The van der Waals surface area contributed by atoms with Gasteiger partial charge in [-0.3, -0.25) is 4.79 Å². The first-order chi connectivity index (χ1) is 13.5. The number of fused-ring (bicyclic) bond motifs is 1. The minimum atomic E-state index is -0.257. The molecule has 148 valence electrons. The van der Waals surface area contributed by atoms with Crippen molar-refractivity contribution in [1.82, 2.24) is 4.57 Å². The molecule has 0 radical (unpaired) electrons. The number of benzene rings is 2. The lowest BCUT2D eigenvalue weighted by Crippen LogP contribution is -2.19. The summed E-state index contributed by atoms with van der Waals surface area (Å²) >= 11 is 7.53. The summed E-state index contributed by atoms with van der Waals surface area (Å²) < 4.78 is 18.7. The SMILES string of the molecule is COCCn1c(=NC(=O)Cc2ccc(OC)cc2OC)sc2cc(Cl)ccc21. The quantitative estimate of drug-likeness (QED) is 0.584. The molecule has 1 amide bonds. The molecule has 8 heteroatoms. The summed E-state index contributed by atoms with van der Waals surface area (Å²) in [5, 5.41) is 0.647. The van der Waals surface area contributed by atoms with Gasteiger partial charge >= 0.3 is 0 Å². The van der Waals surface area contributed by atoms with Crippen molar-refractivity contribution < 1.29 is 19.0 Å². The van der Waals surface area contributed by atoms with Crippen LogP contribution in [-0.2, 0) is 22.5 Å². The van der Waals surface area contributed by atoms with E-state index in [1.807, 2.05) is 28.8 Å². The smallest absolute Gasteiger partial charge is 0.252 e. The van der Waals surface area contributed by atoms with Gasteiger partial charge in [-0.25, -0.2) is 0 Å². The van der Waals surface area contributed by atoms with Crippen LogP contribution in [0, 0.1) is 0 Å². The second-order valence-electron chi connectivity index (χ2n) is 6.00. The van der Waals surface area contributed by atoms with E-state index in [-0.39, 0.29) is 12.3 Å². The van der Waals surface area contributed by atoms with Crippen molar-refractivity contribution in [2.45, 2.75) is 13.0 Å². The van der Waals surface area contributed by atoms with Crippen LogP contribution in [0.25, 0.3) is 10.2 Å². The van der Waals surface area contributed by atoms with Gasteiger partial charge in [0.1, 0.15) is 11.5 Å². The minimum absolute atomic E-state index is 0.131. The molecular formula is C20H21ClN2O4S. The lowest BCUT2D eigenvalue weighted by Gasteiger charge is -2.09. The molecule has 0 aliphatic heterocycles. The fraction of sp³-hybridized carbons (Fsp3) is 0.300. The van der Waals surface area contributed by atoms with E-state index in [0.717, 1.165) is 15.8 Å². The van der Waals surface area contributed by atoms with Crippen LogP contribution in [0.2, 0.25) is 5.02 Å². The van der Waals surface area contributed by atoms with E-state index in [9.17, 15) is 4.79 Å².